The molecule has 0 bridgehead atoms. The summed E-state index contributed by atoms with van der Waals surface area (Å²) in [6, 6.07) is 14.4. The molecule has 9 heteroatoms. The van der Waals surface area contributed by atoms with Crippen LogP contribution < -0.4 is 5.56 Å². The monoisotopic (exact) mass is 392 g/mol. The Balaban J connectivity index is 1.59. The summed E-state index contributed by atoms with van der Waals surface area (Å²) < 4.78 is 20.5. The highest BCUT2D eigenvalue weighted by Crippen LogP contribution is 2.25. The molecular weight excluding hydrogens is 379 g/mol. The van der Waals surface area contributed by atoms with Crippen molar-refractivity contribution in [1.82, 2.24) is 20.1 Å². The third-order valence-electron chi connectivity index (χ3n) is 4.02. The topological polar surface area (TPSA) is 111 Å². The lowest BCUT2D eigenvalue weighted by atomic mass is 10.1. The number of hydrogen-bond donors (Lipinski definition) is 1. The van der Waals surface area contributed by atoms with Crippen LogP contribution in [0.15, 0.2) is 70.2 Å². The summed E-state index contributed by atoms with van der Waals surface area (Å²) >= 11 is 0. The summed E-state index contributed by atoms with van der Waals surface area (Å²) in [6.45, 7) is 0.249. The summed E-state index contributed by atoms with van der Waals surface area (Å²) in [5, 5.41) is 4.03. The van der Waals surface area contributed by atoms with Gasteiger partial charge in [0, 0.05) is 24.0 Å². The molecule has 28 heavy (non-hydrogen) atoms. The Kier molecular flexibility index (Phi) is 5.14. The van der Waals surface area contributed by atoms with Gasteiger partial charge in [-0.1, -0.05) is 35.5 Å². The number of H-pyrrole nitrogens is 1. The fraction of sp³-hybridized carbons (Fsp3) is 0.0526. The van der Waals surface area contributed by atoms with Crippen LogP contribution in [0.5, 0.6) is 0 Å². The maximum Gasteiger partial charge on any atom is 0.327 e. The van der Waals surface area contributed by atoms with E-state index in [9.17, 15) is 9.36 Å². The number of rotatable bonds is 6. The number of nitrogens with one attached hydrogen (secondary N) is 1. The van der Waals surface area contributed by atoms with E-state index in [4.69, 9.17) is 9.05 Å². The van der Waals surface area contributed by atoms with E-state index in [1.54, 1.807) is 24.4 Å². The minimum absolute atomic E-state index is 0.249. The molecule has 0 radical (unpaired) electrons. The van der Waals surface area contributed by atoms with Gasteiger partial charge in [-0.2, -0.15) is 0 Å². The van der Waals surface area contributed by atoms with E-state index in [0.717, 1.165) is 11.1 Å². The molecule has 3 aromatic heterocycles. The standard InChI is InChI=1S/C19H13N4O4P/c24-19-14(10-21-18(22-19)15-3-1-2-8-20-15)17-9-16(23-27-17)13-6-4-12(5-7-13)11-26-28-25/h1-10H,11H2,(H,21,22,24). The van der Waals surface area contributed by atoms with Crippen molar-refractivity contribution in [1.29, 1.82) is 0 Å². The zero-order valence-electron chi connectivity index (χ0n) is 14.4. The third kappa shape index (κ3) is 3.78. The predicted molar refractivity (Wildman–Crippen MR) is 101 cm³/mol. The highest BCUT2D eigenvalue weighted by Gasteiger charge is 2.14. The molecule has 1 N–H and O–H groups in total. The second kappa shape index (κ2) is 8.04. The fourth-order valence-electron chi connectivity index (χ4n) is 2.61. The first-order chi connectivity index (χ1) is 13.7. The molecule has 8 nitrogen and oxygen atoms in total. The molecule has 0 aliphatic carbocycles. The van der Waals surface area contributed by atoms with Gasteiger partial charge < -0.3 is 9.51 Å². The van der Waals surface area contributed by atoms with Crippen LogP contribution in [0.1, 0.15) is 5.56 Å². The zero-order chi connectivity index (χ0) is 19.3. The minimum Gasteiger partial charge on any atom is -0.355 e. The quantitative estimate of drug-likeness (QED) is 0.496. The molecule has 0 aliphatic rings. The number of aromatic nitrogens is 4. The Labute approximate surface area is 160 Å². The largest absolute Gasteiger partial charge is 0.355 e. The lowest BCUT2D eigenvalue weighted by Gasteiger charge is -2.00. The van der Waals surface area contributed by atoms with E-state index < -0.39 is 0 Å². The highest BCUT2D eigenvalue weighted by atomic mass is 31.1. The van der Waals surface area contributed by atoms with Crippen LogP contribution in [-0.4, -0.2) is 20.1 Å². The van der Waals surface area contributed by atoms with Gasteiger partial charge in [-0.05, 0) is 17.7 Å². The summed E-state index contributed by atoms with van der Waals surface area (Å²) in [6.07, 6.45) is 3.07. The van der Waals surface area contributed by atoms with Crippen LogP contribution >= 0.6 is 8.69 Å². The molecule has 1 aromatic carbocycles. The molecule has 0 atom stereocenters. The van der Waals surface area contributed by atoms with Crippen molar-refractivity contribution in [3.63, 3.8) is 0 Å². The number of nitrogens with zero attached hydrogens (tertiary/aromatic N) is 3. The first-order valence-corrected chi connectivity index (χ1v) is 8.99. The lowest BCUT2D eigenvalue weighted by Crippen LogP contribution is -2.11. The molecule has 0 unspecified atom stereocenters. The fourth-order valence-corrected chi connectivity index (χ4v) is 2.82. The Morgan fingerprint density at radius 2 is 1.93 bits per heavy atom. The molecule has 138 valence electrons. The second-order valence-corrected chi connectivity index (χ2v) is 6.22. The van der Waals surface area contributed by atoms with E-state index >= 15 is 0 Å². The summed E-state index contributed by atoms with van der Waals surface area (Å²) in [5.41, 5.74) is 2.78. The van der Waals surface area contributed by atoms with Gasteiger partial charge in [0.2, 0.25) is 0 Å². The van der Waals surface area contributed by atoms with Crippen molar-refractivity contribution in [2.45, 2.75) is 6.61 Å². The van der Waals surface area contributed by atoms with Gasteiger partial charge in [0.15, 0.2) is 11.6 Å². The zero-order valence-corrected chi connectivity index (χ0v) is 15.3. The normalized spacial score (nSPS) is 11.0. The average Bonchev–Trinajstić information content (AvgIpc) is 3.23. The van der Waals surface area contributed by atoms with Gasteiger partial charge in [0.25, 0.3) is 5.56 Å². The maximum atomic E-state index is 12.5. The second-order valence-electron chi connectivity index (χ2n) is 5.81. The van der Waals surface area contributed by atoms with Crippen LogP contribution in [-0.2, 0) is 15.7 Å². The summed E-state index contributed by atoms with van der Waals surface area (Å²) in [4.78, 5) is 23.6. The Hall–Kier alpha value is -3.48. The van der Waals surface area contributed by atoms with Gasteiger partial charge in [0.05, 0.1) is 6.61 Å². The van der Waals surface area contributed by atoms with Crippen LogP contribution in [0.25, 0.3) is 34.1 Å². The SMILES string of the molecule is O=POCc1ccc(-c2cc(-c3cnc(-c4ccccn4)[nH]c3=O)on2)cc1. The van der Waals surface area contributed by atoms with Gasteiger partial charge in [-0.3, -0.25) is 14.3 Å². The van der Waals surface area contributed by atoms with Crippen LogP contribution in [0.2, 0.25) is 0 Å². The summed E-state index contributed by atoms with van der Waals surface area (Å²) in [5.74, 6) is 0.693. The third-order valence-corrected chi connectivity index (χ3v) is 4.25. The van der Waals surface area contributed by atoms with Gasteiger partial charge >= 0.3 is 8.69 Å². The van der Waals surface area contributed by atoms with Gasteiger partial charge in [0.1, 0.15) is 17.0 Å². The minimum atomic E-state index is -0.356. The van der Waals surface area contributed by atoms with Crippen LogP contribution in [0, 0.1) is 0 Å². The molecule has 4 aromatic rings. The smallest absolute Gasteiger partial charge is 0.327 e. The predicted octanol–water partition coefficient (Wildman–Crippen LogP) is 3.88. The van der Waals surface area contributed by atoms with Gasteiger partial charge in [-0.15, -0.1) is 0 Å². The summed E-state index contributed by atoms with van der Waals surface area (Å²) in [7, 11) is -0.356. The van der Waals surface area contributed by atoms with Crippen LogP contribution in [0.4, 0.5) is 0 Å². The van der Waals surface area contributed by atoms with E-state index in [2.05, 4.69) is 20.1 Å². The first-order valence-electron chi connectivity index (χ1n) is 8.26. The molecule has 0 saturated heterocycles. The first kappa shape index (κ1) is 17.9. The maximum absolute atomic E-state index is 12.5. The van der Waals surface area contributed by atoms with E-state index in [1.807, 2.05) is 30.3 Å². The van der Waals surface area contributed by atoms with E-state index in [-0.39, 0.29) is 26.4 Å². The lowest BCUT2D eigenvalue weighted by molar-refractivity contribution is 0.332. The molecule has 0 amide bonds. The Morgan fingerprint density at radius 1 is 1.07 bits per heavy atom. The van der Waals surface area contributed by atoms with Gasteiger partial charge in [-0.25, -0.2) is 9.55 Å². The molecule has 0 spiro atoms. The molecular formula is C19H13N4O4P. The van der Waals surface area contributed by atoms with Crippen molar-refractivity contribution in [3.8, 4) is 34.1 Å². The van der Waals surface area contributed by atoms with E-state index in [0.29, 0.717) is 23.0 Å². The molecule has 4 rings (SSSR count). The number of pyridine rings is 1. The van der Waals surface area contributed by atoms with Crippen molar-refractivity contribution in [2.75, 3.05) is 0 Å². The van der Waals surface area contributed by atoms with Crippen molar-refractivity contribution < 1.29 is 13.6 Å². The van der Waals surface area contributed by atoms with Crippen molar-refractivity contribution >= 4 is 8.69 Å². The number of hydrogen-bond acceptors (Lipinski definition) is 7. The Bertz CT molecular complexity index is 1160. The average molecular weight is 392 g/mol. The van der Waals surface area contributed by atoms with E-state index in [1.165, 1.54) is 6.20 Å². The van der Waals surface area contributed by atoms with Crippen molar-refractivity contribution in [2.24, 2.45) is 0 Å². The Morgan fingerprint density at radius 3 is 2.64 bits per heavy atom. The molecule has 3 heterocycles. The number of aromatic amines is 1. The van der Waals surface area contributed by atoms with Crippen LogP contribution in [0.3, 0.4) is 0 Å². The highest BCUT2D eigenvalue weighted by molar-refractivity contribution is 7.17. The molecule has 0 saturated carbocycles. The molecule has 0 aliphatic heterocycles. The number of benzene rings is 1. The molecule has 0 fully saturated rings. The van der Waals surface area contributed by atoms with Crippen molar-refractivity contribution in [3.05, 3.63) is 76.8 Å².